The lowest BCUT2D eigenvalue weighted by molar-refractivity contribution is 0.0928. The Kier molecular flexibility index (Phi) is 4.81. The number of hydrogen-bond donors (Lipinski definition) is 2. The Morgan fingerprint density at radius 1 is 1.52 bits per heavy atom. The fourth-order valence-electron chi connectivity index (χ4n) is 1.91. The van der Waals surface area contributed by atoms with E-state index in [1.54, 1.807) is 0 Å². The molecule has 0 radical (unpaired) electrons. The first-order valence-corrected chi connectivity index (χ1v) is 6.53. The smallest absolute Gasteiger partial charge is 0.254 e. The summed E-state index contributed by atoms with van der Waals surface area (Å²) >= 11 is 0. The summed E-state index contributed by atoms with van der Waals surface area (Å²) in [6.45, 7) is 1.97. The van der Waals surface area contributed by atoms with Gasteiger partial charge in [-0.2, -0.15) is 5.21 Å². The zero-order valence-corrected chi connectivity index (χ0v) is 11.8. The van der Waals surface area contributed by atoms with Gasteiger partial charge in [0, 0.05) is 6.07 Å². The average Bonchev–Trinajstić information content (AvgIpc) is 3.00. The molecular weight excluding hydrogens is 277 g/mol. The Labute approximate surface area is 120 Å². The normalized spacial score (nSPS) is 12.0. The minimum Gasteiger partial charge on any atom is -0.497 e. The highest BCUT2D eigenvalue weighted by atomic mass is 19.1. The zero-order valence-electron chi connectivity index (χ0n) is 11.8. The third-order valence-electron chi connectivity index (χ3n) is 2.98. The summed E-state index contributed by atoms with van der Waals surface area (Å²) in [5.74, 6) is -0.444. The van der Waals surface area contributed by atoms with Gasteiger partial charge < -0.3 is 10.1 Å². The zero-order chi connectivity index (χ0) is 15.2. The number of aromatic nitrogens is 4. The highest BCUT2D eigenvalue weighted by molar-refractivity contribution is 5.94. The SMILES string of the molecule is CCCC(NC(=O)c1ccc(OC)cc1F)c1nn[nH]n1. The second-order valence-electron chi connectivity index (χ2n) is 4.43. The minimum atomic E-state index is -0.643. The van der Waals surface area contributed by atoms with Crippen LogP contribution >= 0.6 is 0 Å². The van der Waals surface area contributed by atoms with Crippen LogP contribution in [0.5, 0.6) is 5.75 Å². The molecule has 2 aromatic rings. The number of hydrogen-bond acceptors (Lipinski definition) is 5. The van der Waals surface area contributed by atoms with E-state index in [9.17, 15) is 9.18 Å². The number of methoxy groups -OCH3 is 1. The molecule has 1 aromatic carbocycles. The molecule has 0 spiro atoms. The van der Waals surface area contributed by atoms with Crippen molar-refractivity contribution in [1.82, 2.24) is 25.9 Å². The lowest BCUT2D eigenvalue weighted by Gasteiger charge is -2.15. The van der Waals surface area contributed by atoms with E-state index >= 15 is 0 Å². The Morgan fingerprint density at radius 3 is 2.90 bits per heavy atom. The van der Waals surface area contributed by atoms with Crippen molar-refractivity contribution in [3.05, 3.63) is 35.4 Å². The number of ether oxygens (including phenoxy) is 1. The van der Waals surface area contributed by atoms with Crippen LogP contribution in [0.15, 0.2) is 18.2 Å². The van der Waals surface area contributed by atoms with E-state index in [0.717, 1.165) is 12.5 Å². The summed E-state index contributed by atoms with van der Waals surface area (Å²) in [6, 6.07) is 3.66. The molecule has 1 atom stereocenters. The summed E-state index contributed by atoms with van der Waals surface area (Å²) in [6.07, 6.45) is 1.44. The van der Waals surface area contributed by atoms with E-state index in [-0.39, 0.29) is 5.56 Å². The summed E-state index contributed by atoms with van der Waals surface area (Å²) in [4.78, 5) is 12.2. The fourth-order valence-corrected chi connectivity index (χ4v) is 1.91. The van der Waals surface area contributed by atoms with Gasteiger partial charge in [0.2, 0.25) is 0 Å². The molecule has 7 nitrogen and oxygen atoms in total. The second-order valence-corrected chi connectivity index (χ2v) is 4.43. The molecule has 0 aliphatic rings. The highest BCUT2D eigenvalue weighted by Gasteiger charge is 2.20. The number of aromatic amines is 1. The van der Waals surface area contributed by atoms with Crippen molar-refractivity contribution < 1.29 is 13.9 Å². The van der Waals surface area contributed by atoms with Crippen LogP contribution in [0, 0.1) is 5.82 Å². The Bertz CT molecular complexity index is 603. The van der Waals surface area contributed by atoms with Crippen molar-refractivity contribution in [2.75, 3.05) is 7.11 Å². The molecule has 0 fully saturated rings. The Hall–Kier alpha value is -2.51. The standard InChI is InChI=1S/C13H16FN5O2/c1-3-4-11(12-16-18-19-17-12)15-13(20)9-6-5-8(21-2)7-10(9)14/h5-7,11H,3-4H2,1-2H3,(H,15,20)(H,16,17,18,19). The van der Waals surface area contributed by atoms with Crippen LogP contribution in [0.1, 0.15) is 42.0 Å². The number of tetrazole rings is 1. The van der Waals surface area contributed by atoms with Crippen molar-refractivity contribution in [3.63, 3.8) is 0 Å². The molecule has 0 saturated carbocycles. The first-order valence-electron chi connectivity index (χ1n) is 6.53. The number of amides is 1. The molecule has 1 amide bonds. The maximum atomic E-state index is 13.9. The maximum absolute atomic E-state index is 13.9. The van der Waals surface area contributed by atoms with Crippen molar-refractivity contribution in [2.45, 2.75) is 25.8 Å². The number of carbonyl (C=O) groups is 1. The molecule has 1 heterocycles. The van der Waals surface area contributed by atoms with Crippen LogP contribution in [0.4, 0.5) is 4.39 Å². The summed E-state index contributed by atoms with van der Waals surface area (Å²) in [5.41, 5.74) is -0.0552. The number of benzene rings is 1. The molecular formula is C13H16FN5O2. The van der Waals surface area contributed by atoms with Gasteiger partial charge in [-0.25, -0.2) is 4.39 Å². The number of carbonyl (C=O) groups excluding carboxylic acids is 1. The van der Waals surface area contributed by atoms with Crippen LogP contribution in [0.3, 0.4) is 0 Å². The number of nitrogens with one attached hydrogen (secondary N) is 2. The van der Waals surface area contributed by atoms with Crippen LogP contribution in [-0.4, -0.2) is 33.6 Å². The number of halogens is 1. The van der Waals surface area contributed by atoms with E-state index in [2.05, 4.69) is 25.9 Å². The first-order chi connectivity index (χ1) is 10.2. The van der Waals surface area contributed by atoms with Crippen LogP contribution in [-0.2, 0) is 0 Å². The second kappa shape index (κ2) is 6.78. The largest absolute Gasteiger partial charge is 0.497 e. The predicted molar refractivity (Wildman–Crippen MR) is 72.2 cm³/mol. The fraction of sp³-hybridized carbons (Fsp3) is 0.385. The van der Waals surface area contributed by atoms with Gasteiger partial charge in [-0.3, -0.25) is 4.79 Å². The molecule has 0 aliphatic heterocycles. The molecule has 0 aliphatic carbocycles. The lowest BCUT2D eigenvalue weighted by atomic mass is 10.1. The van der Waals surface area contributed by atoms with Gasteiger partial charge in [-0.1, -0.05) is 18.6 Å². The summed E-state index contributed by atoms with van der Waals surface area (Å²) < 4.78 is 18.8. The Morgan fingerprint density at radius 2 is 2.33 bits per heavy atom. The third-order valence-corrected chi connectivity index (χ3v) is 2.98. The van der Waals surface area contributed by atoms with Gasteiger partial charge >= 0.3 is 0 Å². The van der Waals surface area contributed by atoms with Gasteiger partial charge in [-0.15, -0.1) is 10.2 Å². The predicted octanol–water partition coefficient (Wildman–Crippen LogP) is 1.62. The number of rotatable bonds is 6. The number of H-pyrrole nitrogens is 1. The molecule has 21 heavy (non-hydrogen) atoms. The van der Waals surface area contributed by atoms with Crippen molar-refractivity contribution in [3.8, 4) is 5.75 Å². The molecule has 1 aromatic heterocycles. The molecule has 2 rings (SSSR count). The first kappa shape index (κ1) is 14.9. The Balaban J connectivity index is 2.15. The summed E-state index contributed by atoms with van der Waals surface area (Å²) in [5, 5.41) is 16.2. The van der Waals surface area contributed by atoms with Crippen molar-refractivity contribution in [2.24, 2.45) is 0 Å². The topological polar surface area (TPSA) is 92.8 Å². The van der Waals surface area contributed by atoms with E-state index in [4.69, 9.17) is 4.74 Å². The monoisotopic (exact) mass is 293 g/mol. The average molecular weight is 293 g/mol. The maximum Gasteiger partial charge on any atom is 0.254 e. The third kappa shape index (κ3) is 3.53. The van der Waals surface area contributed by atoms with Gasteiger partial charge in [-0.05, 0) is 18.6 Å². The number of nitrogens with zero attached hydrogens (tertiary/aromatic N) is 3. The van der Waals surface area contributed by atoms with E-state index in [0.29, 0.717) is 18.0 Å². The van der Waals surface area contributed by atoms with Crippen LogP contribution in [0.2, 0.25) is 0 Å². The molecule has 1 unspecified atom stereocenters. The summed E-state index contributed by atoms with van der Waals surface area (Å²) in [7, 11) is 1.43. The lowest BCUT2D eigenvalue weighted by Crippen LogP contribution is -2.30. The van der Waals surface area contributed by atoms with Gasteiger partial charge in [0.25, 0.3) is 5.91 Å². The van der Waals surface area contributed by atoms with E-state index in [1.165, 1.54) is 19.2 Å². The van der Waals surface area contributed by atoms with Crippen LogP contribution in [0.25, 0.3) is 0 Å². The highest BCUT2D eigenvalue weighted by Crippen LogP contribution is 2.18. The van der Waals surface area contributed by atoms with Crippen molar-refractivity contribution in [1.29, 1.82) is 0 Å². The molecule has 0 bridgehead atoms. The van der Waals surface area contributed by atoms with Gasteiger partial charge in [0.1, 0.15) is 11.6 Å². The van der Waals surface area contributed by atoms with Gasteiger partial charge in [0.15, 0.2) is 5.82 Å². The van der Waals surface area contributed by atoms with Crippen molar-refractivity contribution >= 4 is 5.91 Å². The molecule has 8 heteroatoms. The molecule has 2 N–H and O–H groups in total. The minimum absolute atomic E-state index is 0.0552. The quantitative estimate of drug-likeness (QED) is 0.844. The van der Waals surface area contributed by atoms with E-state index in [1.807, 2.05) is 6.92 Å². The van der Waals surface area contributed by atoms with E-state index < -0.39 is 17.8 Å². The van der Waals surface area contributed by atoms with Gasteiger partial charge in [0.05, 0.1) is 18.7 Å². The molecule has 112 valence electrons. The molecule has 0 saturated heterocycles. The van der Waals surface area contributed by atoms with Crippen LogP contribution < -0.4 is 10.1 Å².